The zero-order chi connectivity index (χ0) is 17.8. The van der Waals surface area contributed by atoms with Gasteiger partial charge in [-0.25, -0.2) is 4.98 Å². The van der Waals surface area contributed by atoms with Gasteiger partial charge in [0, 0.05) is 74.2 Å². The molecule has 25 heavy (non-hydrogen) atoms. The van der Waals surface area contributed by atoms with Crippen LogP contribution in [0.25, 0.3) is 0 Å². The standard InChI is InChI=1S/C19H26Cl2N4/c1-15(2)19-22-5-6-25(19)12-11-23-7-9-24(10-8-23)14-16-3-4-17(20)13-18(16)21/h3-6,13,15H,7-12,14H2,1-2H3. The maximum Gasteiger partial charge on any atom is 0.111 e. The van der Waals surface area contributed by atoms with E-state index < -0.39 is 0 Å². The van der Waals surface area contributed by atoms with Crippen LogP contribution in [-0.4, -0.2) is 52.1 Å². The highest BCUT2D eigenvalue weighted by molar-refractivity contribution is 6.35. The average molecular weight is 381 g/mol. The minimum atomic E-state index is 0.468. The van der Waals surface area contributed by atoms with Gasteiger partial charge in [-0.2, -0.15) is 0 Å². The summed E-state index contributed by atoms with van der Waals surface area (Å²) in [5.74, 6) is 1.65. The van der Waals surface area contributed by atoms with Crippen LogP contribution >= 0.6 is 23.2 Å². The van der Waals surface area contributed by atoms with Crippen LogP contribution in [0.2, 0.25) is 10.0 Å². The molecular weight excluding hydrogens is 355 g/mol. The van der Waals surface area contributed by atoms with E-state index in [0.29, 0.717) is 10.9 Å². The van der Waals surface area contributed by atoms with Crippen molar-refractivity contribution in [2.75, 3.05) is 32.7 Å². The van der Waals surface area contributed by atoms with E-state index in [2.05, 4.69) is 39.4 Å². The monoisotopic (exact) mass is 380 g/mol. The molecule has 0 spiro atoms. The maximum atomic E-state index is 6.29. The van der Waals surface area contributed by atoms with Crippen molar-refractivity contribution in [1.82, 2.24) is 19.4 Å². The second-order valence-corrected chi connectivity index (χ2v) is 7.83. The topological polar surface area (TPSA) is 24.3 Å². The highest BCUT2D eigenvalue weighted by Crippen LogP contribution is 2.22. The molecule has 136 valence electrons. The molecule has 1 aromatic carbocycles. The van der Waals surface area contributed by atoms with Gasteiger partial charge < -0.3 is 4.57 Å². The summed E-state index contributed by atoms with van der Waals surface area (Å²) in [7, 11) is 0. The largest absolute Gasteiger partial charge is 0.333 e. The van der Waals surface area contributed by atoms with Gasteiger partial charge in [0.15, 0.2) is 0 Å². The third-order valence-corrected chi connectivity index (χ3v) is 5.38. The Balaban J connectivity index is 1.46. The van der Waals surface area contributed by atoms with Crippen LogP contribution in [0.15, 0.2) is 30.6 Å². The molecule has 1 fully saturated rings. The highest BCUT2D eigenvalue weighted by Gasteiger charge is 2.18. The first-order chi connectivity index (χ1) is 12.0. The fraction of sp³-hybridized carbons (Fsp3) is 0.526. The molecule has 4 nitrogen and oxygen atoms in total. The molecular formula is C19H26Cl2N4. The predicted molar refractivity (Wildman–Crippen MR) is 104 cm³/mol. The molecule has 0 atom stereocenters. The first-order valence-corrected chi connectivity index (χ1v) is 9.68. The van der Waals surface area contributed by atoms with Crippen molar-refractivity contribution < 1.29 is 0 Å². The second-order valence-electron chi connectivity index (χ2n) is 6.99. The molecule has 0 radical (unpaired) electrons. The summed E-state index contributed by atoms with van der Waals surface area (Å²) in [4.78, 5) is 9.46. The summed E-state index contributed by atoms with van der Waals surface area (Å²) in [5, 5.41) is 1.45. The molecule has 2 aromatic rings. The molecule has 0 saturated carbocycles. The molecule has 0 amide bonds. The molecule has 0 aliphatic carbocycles. The number of nitrogens with zero attached hydrogens (tertiary/aromatic N) is 4. The number of imidazole rings is 1. The Bertz CT molecular complexity index is 690. The van der Waals surface area contributed by atoms with E-state index in [0.717, 1.165) is 56.4 Å². The van der Waals surface area contributed by atoms with E-state index >= 15 is 0 Å². The molecule has 3 rings (SSSR count). The number of rotatable bonds is 6. The van der Waals surface area contributed by atoms with Gasteiger partial charge in [0.1, 0.15) is 5.82 Å². The number of halogens is 2. The van der Waals surface area contributed by atoms with E-state index in [1.165, 1.54) is 5.82 Å². The van der Waals surface area contributed by atoms with E-state index in [1.807, 2.05) is 24.4 Å². The lowest BCUT2D eigenvalue weighted by atomic mass is 10.2. The SMILES string of the molecule is CC(C)c1nccn1CCN1CCN(Cc2ccc(Cl)cc2Cl)CC1. The Morgan fingerprint density at radius 3 is 2.44 bits per heavy atom. The summed E-state index contributed by atoms with van der Waals surface area (Å²) < 4.78 is 2.28. The van der Waals surface area contributed by atoms with Gasteiger partial charge in [-0.15, -0.1) is 0 Å². The Morgan fingerprint density at radius 1 is 1.04 bits per heavy atom. The summed E-state index contributed by atoms with van der Waals surface area (Å²) in [5.41, 5.74) is 1.15. The Hall–Kier alpha value is -1.07. The van der Waals surface area contributed by atoms with Crippen LogP contribution in [0.3, 0.4) is 0 Å². The number of piperazine rings is 1. The molecule has 0 N–H and O–H groups in total. The summed E-state index contributed by atoms with van der Waals surface area (Å²) in [6, 6.07) is 5.77. The lowest BCUT2D eigenvalue weighted by Crippen LogP contribution is -2.46. The molecule has 1 saturated heterocycles. The number of aromatic nitrogens is 2. The van der Waals surface area contributed by atoms with Crippen molar-refractivity contribution >= 4 is 23.2 Å². The number of hydrogen-bond donors (Lipinski definition) is 0. The van der Waals surface area contributed by atoms with Crippen molar-refractivity contribution in [3.63, 3.8) is 0 Å². The highest BCUT2D eigenvalue weighted by atomic mass is 35.5. The van der Waals surface area contributed by atoms with Gasteiger partial charge in [0.2, 0.25) is 0 Å². The van der Waals surface area contributed by atoms with E-state index in [9.17, 15) is 0 Å². The Morgan fingerprint density at radius 2 is 1.76 bits per heavy atom. The van der Waals surface area contributed by atoms with Crippen LogP contribution in [0.5, 0.6) is 0 Å². The fourth-order valence-electron chi connectivity index (χ4n) is 3.32. The summed E-state index contributed by atoms with van der Waals surface area (Å²) in [6.07, 6.45) is 4.00. The number of hydrogen-bond acceptors (Lipinski definition) is 3. The van der Waals surface area contributed by atoms with E-state index in [-0.39, 0.29) is 0 Å². The van der Waals surface area contributed by atoms with Crippen molar-refractivity contribution in [2.24, 2.45) is 0 Å². The Labute approximate surface area is 160 Å². The normalized spacial score (nSPS) is 16.7. The van der Waals surface area contributed by atoms with Gasteiger partial charge >= 0.3 is 0 Å². The molecule has 1 aliphatic rings. The molecule has 1 aromatic heterocycles. The molecule has 0 bridgehead atoms. The maximum absolute atomic E-state index is 6.29. The minimum absolute atomic E-state index is 0.468. The predicted octanol–water partition coefficient (Wildman–Crippen LogP) is 4.13. The number of benzene rings is 1. The van der Waals surface area contributed by atoms with Crippen molar-refractivity contribution in [2.45, 2.75) is 32.9 Å². The zero-order valence-electron chi connectivity index (χ0n) is 15.0. The average Bonchev–Trinajstić information content (AvgIpc) is 3.05. The Kier molecular flexibility index (Phi) is 6.39. The zero-order valence-corrected chi connectivity index (χ0v) is 16.5. The first-order valence-electron chi connectivity index (χ1n) is 8.92. The van der Waals surface area contributed by atoms with E-state index in [4.69, 9.17) is 23.2 Å². The third-order valence-electron chi connectivity index (χ3n) is 4.80. The fourth-order valence-corrected chi connectivity index (χ4v) is 3.79. The van der Waals surface area contributed by atoms with Gasteiger partial charge in [-0.1, -0.05) is 43.1 Å². The van der Waals surface area contributed by atoms with Crippen molar-refractivity contribution in [3.05, 3.63) is 52.0 Å². The van der Waals surface area contributed by atoms with Gasteiger partial charge in [0.25, 0.3) is 0 Å². The molecule has 6 heteroatoms. The van der Waals surface area contributed by atoms with Crippen LogP contribution in [0.1, 0.15) is 31.2 Å². The second kappa shape index (κ2) is 8.54. The van der Waals surface area contributed by atoms with Crippen molar-refractivity contribution in [3.8, 4) is 0 Å². The van der Waals surface area contributed by atoms with Gasteiger partial charge in [-0.05, 0) is 17.7 Å². The van der Waals surface area contributed by atoms with Crippen LogP contribution in [0, 0.1) is 0 Å². The third kappa shape index (κ3) is 4.98. The van der Waals surface area contributed by atoms with Gasteiger partial charge in [-0.3, -0.25) is 9.80 Å². The molecule has 0 unspecified atom stereocenters. The van der Waals surface area contributed by atoms with Crippen LogP contribution in [0.4, 0.5) is 0 Å². The quantitative estimate of drug-likeness (QED) is 0.752. The lowest BCUT2D eigenvalue weighted by molar-refractivity contribution is 0.124. The van der Waals surface area contributed by atoms with Crippen molar-refractivity contribution in [1.29, 1.82) is 0 Å². The van der Waals surface area contributed by atoms with Crippen LogP contribution < -0.4 is 0 Å². The summed E-state index contributed by atoms with van der Waals surface area (Å²) in [6.45, 7) is 11.7. The summed E-state index contributed by atoms with van der Waals surface area (Å²) >= 11 is 12.3. The first kappa shape index (κ1) is 18.7. The van der Waals surface area contributed by atoms with E-state index in [1.54, 1.807) is 0 Å². The van der Waals surface area contributed by atoms with Crippen LogP contribution in [-0.2, 0) is 13.1 Å². The smallest absolute Gasteiger partial charge is 0.111 e. The molecule has 2 heterocycles. The van der Waals surface area contributed by atoms with Gasteiger partial charge in [0.05, 0.1) is 0 Å². The minimum Gasteiger partial charge on any atom is -0.333 e. The molecule has 1 aliphatic heterocycles. The lowest BCUT2D eigenvalue weighted by Gasteiger charge is -2.35.